The summed E-state index contributed by atoms with van der Waals surface area (Å²) in [6.45, 7) is 7.12. The standard InChI is InChI=1S/C28H30ClN5OS/c1-20-11-12-23(22(29)17-20)30-27(35)19-36-28-31-24-8-4-6-10-26(24)34(28)25-9-5-3-7-21(25)18-33-15-13-32(2)14-16-33/h3-12,17H,13-16,18-19H2,1-2H3,(H,30,35). The van der Waals surface area contributed by atoms with Crippen LogP contribution in [0.3, 0.4) is 0 Å². The number of carbonyl (C=O) groups is 1. The fourth-order valence-corrected chi connectivity index (χ4v) is 5.58. The SMILES string of the molecule is Cc1ccc(NC(=O)CSc2nc3ccccc3n2-c2ccccc2CN2CCN(C)CC2)c(Cl)c1. The molecule has 186 valence electrons. The quantitative estimate of drug-likeness (QED) is 0.328. The van der Waals surface area contributed by atoms with Crippen molar-refractivity contribution < 1.29 is 4.79 Å². The second kappa shape index (κ2) is 11.0. The molecule has 0 aliphatic carbocycles. The minimum absolute atomic E-state index is 0.116. The summed E-state index contributed by atoms with van der Waals surface area (Å²) in [6, 6.07) is 22.3. The highest BCUT2D eigenvalue weighted by Crippen LogP contribution is 2.31. The molecule has 1 N–H and O–H groups in total. The average molecular weight is 520 g/mol. The smallest absolute Gasteiger partial charge is 0.234 e. The van der Waals surface area contributed by atoms with Crippen LogP contribution < -0.4 is 5.32 Å². The molecule has 2 heterocycles. The van der Waals surface area contributed by atoms with Gasteiger partial charge in [0.1, 0.15) is 0 Å². The minimum atomic E-state index is -0.116. The van der Waals surface area contributed by atoms with Crippen LogP contribution in [-0.4, -0.2) is 64.2 Å². The fraction of sp³-hybridized carbons (Fsp3) is 0.286. The van der Waals surface area contributed by atoms with Crippen LogP contribution in [0.4, 0.5) is 5.69 Å². The number of para-hydroxylation sites is 3. The molecule has 1 saturated heterocycles. The van der Waals surface area contributed by atoms with Crippen LogP contribution in [0.5, 0.6) is 0 Å². The molecular weight excluding hydrogens is 490 g/mol. The summed E-state index contributed by atoms with van der Waals surface area (Å²) in [6.07, 6.45) is 0. The van der Waals surface area contributed by atoms with Crippen molar-refractivity contribution >= 4 is 46.0 Å². The number of piperazine rings is 1. The van der Waals surface area contributed by atoms with Crippen LogP contribution in [0.2, 0.25) is 5.02 Å². The number of imidazole rings is 1. The molecule has 1 aliphatic rings. The minimum Gasteiger partial charge on any atom is -0.324 e. The van der Waals surface area contributed by atoms with Gasteiger partial charge in [0.05, 0.1) is 33.2 Å². The van der Waals surface area contributed by atoms with Gasteiger partial charge in [0.25, 0.3) is 0 Å². The van der Waals surface area contributed by atoms with Crippen molar-refractivity contribution in [1.82, 2.24) is 19.4 Å². The summed E-state index contributed by atoms with van der Waals surface area (Å²) >= 11 is 7.75. The molecule has 1 amide bonds. The highest BCUT2D eigenvalue weighted by Gasteiger charge is 2.20. The molecule has 0 spiro atoms. The zero-order valence-electron chi connectivity index (χ0n) is 20.6. The van der Waals surface area contributed by atoms with Gasteiger partial charge in [-0.25, -0.2) is 4.98 Å². The van der Waals surface area contributed by atoms with E-state index in [9.17, 15) is 4.79 Å². The van der Waals surface area contributed by atoms with Gasteiger partial charge in [-0.3, -0.25) is 14.3 Å². The van der Waals surface area contributed by atoms with Gasteiger partial charge in [0.2, 0.25) is 5.91 Å². The van der Waals surface area contributed by atoms with Gasteiger partial charge in [0, 0.05) is 32.7 Å². The van der Waals surface area contributed by atoms with Crippen molar-refractivity contribution in [2.75, 3.05) is 44.3 Å². The lowest BCUT2D eigenvalue weighted by Gasteiger charge is -2.32. The molecule has 5 rings (SSSR count). The summed E-state index contributed by atoms with van der Waals surface area (Å²) in [5.74, 6) is 0.115. The molecule has 0 bridgehead atoms. The van der Waals surface area contributed by atoms with Crippen LogP contribution >= 0.6 is 23.4 Å². The Balaban J connectivity index is 1.41. The van der Waals surface area contributed by atoms with E-state index >= 15 is 0 Å². The molecule has 8 heteroatoms. The van der Waals surface area contributed by atoms with Gasteiger partial charge in [0.15, 0.2) is 5.16 Å². The number of fused-ring (bicyclic) bond motifs is 1. The average Bonchev–Trinajstić information content (AvgIpc) is 3.24. The molecule has 0 radical (unpaired) electrons. The van der Waals surface area contributed by atoms with E-state index in [1.807, 2.05) is 43.3 Å². The van der Waals surface area contributed by atoms with Crippen LogP contribution in [0.15, 0.2) is 71.9 Å². The van der Waals surface area contributed by atoms with Crippen molar-refractivity contribution in [2.45, 2.75) is 18.6 Å². The third-order valence-electron chi connectivity index (χ3n) is 6.48. The Morgan fingerprint density at radius 2 is 1.78 bits per heavy atom. The van der Waals surface area contributed by atoms with Gasteiger partial charge in [-0.2, -0.15) is 0 Å². The molecule has 3 aromatic carbocycles. The Hall–Kier alpha value is -2.84. The van der Waals surface area contributed by atoms with E-state index in [2.05, 4.69) is 57.1 Å². The lowest BCUT2D eigenvalue weighted by Crippen LogP contribution is -2.44. The van der Waals surface area contributed by atoms with Crippen LogP contribution in [0.25, 0.3) is 16.7 Å². The van der Waals surface area contributed by atoms with E-state index < -0.39 is 0 Å². The van der Waals surface area contributed by atoms with E-state index in [1.54, 1.807) is 0 Å². The number of carbonyl (C=O) groups excluding carboxylic acids is 1. The van der Waals surface area contributed by atoms with E-state index in [4.69, 9.17) is 16.6 Å². The maximum atomic E-state index is 12.8. The third-order valence-corrected chi connectivity index (χ3v) is 7.73. The fourth-order valence-electron chi connectivity index (χ4n) is 4.48. The van der Waals surface area contributed by atoms with Gasteiger partial charge in [-0.15, -0.1) is 0 Å². The van der Waals surface area contributed by atoms with Gasteiger partial charge in [-0.05, 0) is 55.4 Å². The first kappa shape index (κ1) is 24.8. The summed E-state index contributed by atoms with van der Waals surface area (Å²) < 4.78 is 2.19. The summed E-state index contributed by atoms with van der Waals surface area (Å²) in [5.41, 5.74) is 5.98. The number of likely N-dealkylation sites (N-methyl/N-ethyl adjacent to an activating group) is 1. The number of hydrogen-bond donors (Lipinski definition) is 1. The lowest BCUT2D eigenvalue weighted by molar-refractivity contribution is -0.113. The molecule has 1 aliphatic heterocycles. The number of nitrogens with one attached hydrogen (secondary N) is 1. The van der Waals surface area contributed by atoms with E-state index in [0.717, 1.165) is 60.2 Å². The first-order valence-corrected chi connectivity index (χ1v) is 13.5. The van der Waals surface area contributed by atoms with Crippen LogP contribution in [0.1, 0.15) is 11.1 Å². The van der Waals surface area contributed by atoms with Crippen LogP contribution in [0, 0.1) is 6.92 Å². The molecule has 4 aromatic rings. The molecule has 0 unspecified atom stereocenters. The number of hydrogen-bond acceptors (Lipinski definition) is 5. The monoisotopic (exact) mass is 519 g/mol. The topological polar surface area (TPSA) is 53.4 Å². The van der Waals surface area contributed by atoms with E-state index in [0.29, 0.717) is 10.7 Å². The highest BCUT2D eigenvalue weighted by molar-refractivity contribution is 7.99. The third kappa shape index (κ3) is 5.60. The van der Waals surface area contributed by atoms with Gasteiger partial charge >= 0.3 is 0 Å². The van der Waals surface area contributed by atoms with Crippen molar-refractivity contribution in [2.24, 2.45) is 0 Å². The Morgan fingerprint density at radius 3 is 2.58 bits per heavy atom. The van der Waals surface area contributed by atoms with E-state index in [1.165, 1.54) is 17.3 Å². The number of halogens is 1. The predicted molar refractivity (Wildman–Crippen MR) is 149 cm³/mol. The van der Waals surface area contributed by atoms with Crippen molar-refractivity contribution in [3.63, 3.8) is 0 Å². The Morgan fingerprint density at radius 1 is 1.03 bits per heavy atom. The molecule has 1 aromatic heterocycles. The molecule has 0 atom stereocenters. The number of benzene rings is 3. The number of aryl methyl sites for hydroxylation is 1. The maximum Gasteiger partial charge on any atom is 0.234 e. The van der Waals surface area contributed by atoms with Gasteiger partial charge < -0.3 is 10.2 Å². The largest absolute Gasteiger partial charge is 0.324 e. The van der Waals surface area contributed by atoms with Gasteiger partial charge in [-0.1, -0.05) is 59.8 Å². The normalized spacial score (nSPS) is 14.9. The first-order chi connectivity index (χ1) is 17.5. The predicted octanol–water partition coefficient (Wildman–Crippen LogP) is 5.47. The molecular formula is C28H30ClN5OS. The number of rotatable bonds is 7. The van der Waals surface area contributed by atoms with Crippen LogP contribution in [-0.2, 0) is 11.3 Å². The molecule has 1 fully saturated rings. The zero-order valence-corrected chi connectivity index (χ0v) is 22.1. The second-order valence-electron chi connectivity index (χ2n) is 9.25. The molecule has 0 saturated carbocycles. The molecule has 36 heavy (non-hydrogen) atoms. The number of thioether (sulfide) groups is 1. The number of amides is 1. The summed E-state index contributed by atoms with van der Waals surface area (Å²) in [7, 11) is 2.18. The van der Waals surface area contributed by atoms with Crippen molar-refractivity contribution in [3.05, 3.63) is 82.9 Å². The number of anilines is 1. The Labute approximate surface area is 221 Å². The Kier molecular flexibility index (Phi) is 7.62. The lowest BCUT2D eigenvalue weighted by atomic mass is 10.1. The molecule has 6 nitrogen and oxygen atoms in total. The highest BCUT2D eigenvalue weighted by atomic mass is 35.5. The first-order valence-electron chi connectivity index (χ1n) is 12.1. The second-order valence-corrected chi connectivity index (χ2v) is 10.6. The maximum absolute atomic E-state index is 12.8. The number of nitrogens with zero attached hydrogens (tertiary/aromatic N) is 4. The summed E-state index contributed by atoms with van der Waals surface area (Å²) in [5, 5.41) is 4.27. The zero-order chi connectivity index (χ0) is 25.1. The van der Waals surface area contributed by atoms with Crippen molar-refractivity contribution in [3.8, 4) is 5.69 Å². The van der Waals surface area contributed by atoms with Crippen molar-refractivity contribution in [1.29, 1.82) is 0 Å². The summed E-state index contributed by atoms with van der Waals surface area (Å²) in [4.78, 5) is 22.6. The Bertz CT molecular complexity index is 1380. The van der Waals surface area contributed by atoms with E-state index in [-0.39, 0.29) is 11.7 Å². The number of aromatic nitrogens is 2.